The smallest absolute Gasteiger partial charge is 0.338 e. The van der Waals surface area contributed by atoms with Gasteiger partial charge in [-0.2, -0.15) is 0 Å². The molecular formula is C36H31Cl2F2N7O7S. The summed E-state index contributed by atoms with van der Waals surface area (Å²) in [6.45, 7) is 0.876. The maximum Gasteiger partial charge on any atom is 0.338 e. The number of halogens is 4. The lowest BCUT2D eigenvalue weighted by atomic mass is 9.43. The van der Waals surface area contributed by atoms with Crippen molar-refractivity contribution in [2.24, 2.45) is 10.8 Å². The van der Waals surface area contributed by atoms with E-state index in [4.69, 9.17) is 37.8 Å². The van der Waals surface area contributed by atoms with Crippen LogP contribution in [0.3, 0.4) is 0 Å². The van der Waals surface area contributed by atoms with Crippen molar-refractivity contribution in [3.8, 4) is 23.4 Å². The van der Waals surface area contributed by atoms with E-state index in [1.54, 1.807) is 42.7 Å². The average Bonchev–Trinajstić information content (AvgIpc) is 3.77. The lowest BCUT2D eigenvalue weighted by Crippen LogP contribution is -2.66. The summed E-state index contributed by atoms with van der Waals surface area (Å²) in [5, 5.41) is 17.2. The number of carbonyl (C=O) groups excluding carboxylic acids is 1. The number of carbonyl (C=O) groups is 2. The maximum atomic E-state index is 13.6. The average molecular weight is 815 g/mol. The van der Waals surface area contributed by atoms with Crippen molar-refractivity contribution in [1.29, 1.82) is 0 Å². The lowest BCUT2D eigenvalue weighted by molar-refractivity contribution is -0.226. The topological polar surface area (TPSA) is 180 Å². The highest BCUT2D eigenvalue weighted by atomic mass is 35.5. The standard InChI is InChI=1S/C21H18ClFN4O4S.C15H13ClFN3O3/c22-18-15(19(28)26-32(29,30)14-4-2-1-3-5-14)6-7-16(24-18)27-9-8-17(25-27)31-13-20-10-21(23,11-20)12-20;16-12-9(13(21)22)1-2-10(18-12)20-4-3-11(19-20)23-8-14-5-15(17,6-14)7-14/h1-9H,10-13H2,(H,26,28);1-4H,5-8H2,(H,21,22). The Morgan fingerprint density at radius 1 is 0.727 bits per heavy atom. The van der Waals surface area contributed by atoms with Crippen LogP contribution in [0.4, 0.5) is 8.78 Å². The Kier molecular flexibility index (Phi) is 8.88. The number of pyridine rings is 2. The molecule has 4 heterocycles. The van der Waals surface area contributed by atoms with Crippen LogP contribution in [0, 0.1) is 10.8 Å². The molecular weight excluding hydrogens is 783 g/mol. The number of aromatic nitrogens is 6. The van der Waals surface area contributed by atoms with Crippen LogP contribution in [0.25, 0.3) is 11.6 Å². The first kappa shape index (κ1) is 36.8. The number of amides is 1. The highest BCUT2D eigenvalue weighted by Crippen LogP contribution is 2.70. The Bertz CT molecular complexity index is 2410. The van der Waals surface area contributed by atoms with Crippen LogP contribution in [0.1, 0.15) is 59.2 Å². The Labute approximate surface area is 322 Å². The zero-order valence-corrected chi connectivity index (χ0v) is 31.0. The van der Waals surface area contributed by atoms with Gasteiger partial charge in [-0.3, -0.25) is 4.79 Å². The molecule has 0 aliphatic heterocycles. The van der Waals surface area contributed by atoms with Crippen LogP contribution < -0.4 is 14.2 Å². The number of hydrogen-bond acceptors (Lipinski definition) is 10. The molecule has 0 radical (unpaired) electrons. The van der Waals surface area contributed by atoms with Crippen molar-refractivity contribution < 1.29 is 41.4 Å². The van der Waals surface area contributed by atoms with Crippen molar-refractivity contribution in [2.45, 2.75) is 54.8 Å². The van der Waals surface area contributed by atoms with E-state index in [2.05, 4.69) is 20.2 Å². The molecule has 19 heteroatoms. The Balaban J connectivity index is 0.000000164. The van der Waals surface area contributed by atoms with Crippen molar-refractivity contribution in [2.75, 3.05) is 13.2 Å². The SMILES string of the molecule is O=C(NS(=O)(=O)c1ccccc1)c1ccc(-n2ccc(OCC34CC(F)(C3)C4)n2)nc1Cl.O=C(O)c1ccc(-n2ccc(OCC34CC(F)(C3)C4)n2)nc1Cl. The molecule has 5 aromatic rings. The third kappa shape index (κ3) is 7.23. The van der Waals surface area contributed by atoms with Gasteiger partial charge in [-0.15, -0.1) is 10.2 Å². The van der Waals surface area contributed by atoms with Crippen LogP contribution in [0.2, 0.25) is 10.3 Å². The first-order chi connectivity index (χ1) is 26.1. The minimum atomic E-state index is -4.04. The highest BCUT2D eigenvalue weighted by molar-refractivity contribution is 7.90. The third-order valence-electron chi connectivity index (χ3n) is 10.2. The minimum absolute atomic E-state index is 0.0107. The monoisotopic (exact) mass is 813 g/mol. The van der Waals surface area contributed by atoms with Crippen LogP contribution in [0.15, 0.2) is 84.0 Å². The number of rotatable bonds is 12. The normalized spacial score (nSPS) is 25.5. The molecule has 4 aromatic heterocycles. The largest absolute Gasteiger partial charge is 0.478 e. The molecule has 0 unspecified atom stereocenters. The number of hydrogen-bond donors (Lipinski definition) is 2. The zero-order valence-electron chi connectivity index (χ0n) is 28.7. The summed E-state index contributed by atoms with van der Waals surface area (Å²) in [6, 6.07) is 16.6. The summed E-state index contributed by atoms with van der Waals surface area (Å²) in [7, 11) is -4.04. The number of nitrogens with zero attached hydrogens (tertiary/aromatic N) is 6. The maximum absolute atomic E-state index is 13.6. The van der Waals surface area contributed by atoms with E-state index in [0.29, 0.717) is 75.1 Å². The Hall–Kier alpha value is -5.13. The van der Waals surface area contributed by atoms with Crippen molar-refractivity contribution >= 4 is 45.1 Å². The van der Waals surface area contributed by atoms with Crippen molar-refractivity contribution in [3.63, 3.8) is 0 Å². The van der Waals surface area contributed by atoms with E-state index in [0.717, 1.165) is 0 Å². The third-order valence-corrected chi connectivity index (χ3v) is 12.1. The van der Waals surface area contributed by atoms with Gasteiger partial charge in [0.1, 0.15) is 21.6 Å². The van der Waals surface area contributed by atoms with Gasteiger partial charge >= 0.3 is 5.97 Å². The number of carboxylic acids is 1. The summed E-state index contributed by atoms with van der Waals surface area (Å²) < 4.78 is 68.0. The summed E-state index contributed by atoms with van der Waals surface area (Å²) >= 11 is 12.0. The van der Waals surface area contributed by atoms with Crippen molar-refractivity contribution in [1.82, 2.24) is 34.3 Å². The van der Waals surface area contributed by atoms with E-state index in [9.17, 15) is 26.8 Å². The van der Waals surface area contributed by atoms with Gasteiger partial charge in [0.2, 0.25) is 11.8 Å². The summed E-state index contributed by atoms with van der Waals surface area (Å²) in [5.74, 6) is -0.530. The Morgan fingerprint density at radius 2 is 1.18 bits per heavy atom. The fourth-order valence-corrected chi connectivity index (χ4v) is 9.23. The molecule has 11 rings (SSSR count). The zero-order chi connectivity index (χ0) is 38.8. The van der Waals surface area contributed by atoms with Gasteiger partial charge in [-0.05, 0) is 74.9 Å². The van der Waals surface area contributed by atoms with Crippen LogP contribution in [0.5, 0.6) is 11.8 Å². The van der Waals surface area contributed by atoms with Gasteiger partial charge in [0.25, 0.3) is 15.9 Å². The van der Waals surface area contributed by atoms with Gasteiger partial charge in [0.15, 0.2) is 11.6 Å². The first-order valence-corrected chi connectivity index (χ1v) is 19.2. The van der Waals surface area contributed by atoms with E-state index in [1.165, 1.54) is 45.8 Å². The van der Waals surface area contributed by atoms with Gasteiger partial charge in [0, 0.05) is 35.4 Å². The van der Waals surface area contributed by atoms with E-state index >= 15 is 0 Å². The summed E-state index contributed by atoms with van der Waals surface area (Å²) in [5.41, 5.74) is -2.14. The fourth-order valence-electron chi connectivity index (χ4n) is 7.77. The lowest BCUT2D eigenvalue weighted by Gasteiger charge is -2.65. The van der Waals surface area contributed by atoms with Gasteiger partial charge in [-0.25, -0.2) is 46.0 Å². The summed E-state index contributed by atoms with van der Waals surface area (Å²) in [6.07, 6.45) is 6.63. The molecule has 6 aliphatic rings. The molecule has 6 fully saturated rings. The molecule has 2 N–H and O–H groups in total. The van der Waals surface area contributed by atoms with Gasteiger partial charge in [-0.1, -0.05) is 41.4 Å². The minimum Gasteiger partial charge on any atom is -0.478 e. The second-order valence-electron chi connectivity index (χ2n) is 14.7. The molecule has 6 saturated carbocycles. The molecule has 0 saturated heterocycles. The van der Waals surface area contributed by atoms with Crippen LogP contribution >= 0.6 is 23.2 Å². The fraction of sp³-hybridized carbons (Fsp3) is 0.333. The summed E-state index contributed by atoms with van der Waals surface area (Å²) in [4.78, 5) is 31.5. The quantitative estimate of drug-likeness (QED) is 0.137. The molecule has 0 spiro atoms. The van der Waals surface area contributed by atoms with E-state index < -0.39 is 33.2 Å². The number of alkyl halides is 2. The predicted molar refractivity (Wildman–Crippen MR) is 192 cm³/mol. The van der Waals surface area contributed by atoms with Crippen LogP contribution in [-0.4, -0.2) is 79.5 Å². The molecule has 1 aromatic carbocycles. The predicted octanol–water partition coefficient (Wildman–Crippen LogP) is 6.20. The number of ether oxygens (including phenoxy) is 2. The molecule has 4 bridgehead atoms. The number of sulfonamides is 1. The second-order valence-corrected chi connectivity index (χ2v) is 17.1. The number of nitrogens with one attached hydrogen (secondary N) is 1. The van der Waals surface area contributed by atoms with Gasteiger partial charge in [0.05, 0.1) is 29.2 Å². The molecule has 14 nitrogen and oxygen atoms in total. The van der Waals surface area contributed by atoms with Gasteiger partial charge < -0.3 is 14.6 Å². The number of aromatic carboxylic acids is 1. The van der Waals surface area contributed by atoms with E-state index in [1.807, 2.05) is 4.72 Å². The molecule has 0 atom stereocenters. The first-order valence-electron chi connectivity index (χ1n) is 17.0. The molecule has 286 valence electrons. The molecule has 55 heavy (non-hydrogen) atoms. The molecule has 1 amide bonds. The van der Waals surface area contributed by atoms with Crippen molar-refractivity contribution in [3.05, 3.63) is 101 Å². The van der Waals surface area contributed by atoms with E-state index in [-0.39, 0.29) is 37.2 Å². The number of carboxylic acid groups (broad SMARTS) is 1. The number of benzene rings is 1. The Morgan fingerprint density at radius 3 is 1.60 bits per heavy atom. The van der Waals surface area contributed by atoms with Crippen LogP contribution in [-0.2, 0) is 10.0 Å². The molecule has 6 aliphatic carbocycles. The highest BCUT2D eigenvalue weighted by Gasteiger charge is 2.70. The second kappa shape index (κ2) is 13.3.